The first kappa shape index (κ1) is 33.8. The summed E-state index contributed by atoms with van der Waals surface area (Å²) < 4.78 is 2.01. The van der Waals surface area contributed by atoms with Crippen LogP contribution in [-0.4, -0.2) is 77.7 Å². The number of imidazole rings is 1. The maximum atomic E-state index is 11.6. The number of fused-ring (bicyclic) bond motifs is 1. The van der Waals surface area contributed by atoms with Gasteiger partial charge < -0.3 is 14.8 Å². The van der Waals surface area contributed by atoms with E-state index in [2.05, 4.69) is 63.7 Å². The van der Waals surface area contributed by atoms with E-state index in [1.165, 1.54) is 0 Å². The molecule has 3 fully saturated rings. The minimum atomic E-state index is -1.02. The predicted octanol–water partition coefficient (Wildman–Crippen LogP) is 5.05. The monoisotopic (exact) mass is 703 g/mol. The summed E-state index contributed by atoms with van der Waals surface area (Å²) in [5.74, 6) is -0.455. The van der Waals surface area contributed by atoms with Crippen molar-refractivity contribution < 1.29 is 15.0 Å². The zero-order valence-corrected chi connectivity index (χ0v) is 29.6. The highest BCUT2D eigenvalue weighted by Gasteiger charge is 2.60. The van der Waals surface area contributed by atoms with Crippen LogP contribution in [0.2, 0.25) is 0 Å². The van der Waals surface area contributed by atoms with Crippen molar-refractivity contribution in [3.8, 4) is 6.07 Å². The second kappa shape index (κ2) is 12.7. The number of β-amino-alcohol motifs (C(OH)–C–C–N with tert-alkyl or cyclic N) is 1. The summed E-state index contributed by atoms with van der Waals surface area (Å²) in [6, 6.07) is 20.8. The number of alkyl halides is 1. The number of nitrogens with zero attached hydrogens (tertiary/aromatic N) is 6. The maximum absolute atomic E-state index is 11.6. The lowest BCUT2D eigenvalue weighted by Crippen LogP contribution is -2.60. The molecule has 10 nitrogen and oxygen atoms in total. The molecule has 2 saturated heterocycles. The largest absolute Gasteiger partial charge is 0.481 e. The molecule has 2 aliphatic carbocycles. The van der Waals surface area contributed by atoms with Crippen molar-refractivity contribution in [2.75, 3.05) is 26.2 Å². The van der Waals surface area contributed by atoms with Gasteiger partial charge in [-0.3, -0.25) is 24.9 Å². The van der Waals surface area contributed by atoms with E-state index in [4.69, 9.17) is 21.6 Å². The van der Waals surface area contributed by atoms with E-state index >= 15 is 0 Å². The van der Waals surface area contributed by atoms with Gasteiger partial charge in [-0.15, -0.1) is 11.6 Å². The van der Waals surface area contributed by atoms with E-state index in [1.54, 1.807) is 0 Å². The maximum Gasteiger partial charge on any atom is 0.307 e. The van der Waals surface area contributed by atoms with E-state index in [9.17, 15) is 20.3 Å². The highest BCUT2D eigenvalue weighted by Crippen LogP contribution is 2.55. The Hall–Kier alpha value is -4.37. The Labute approximate surface area is 302 Å². The molecule has 2 aromatic heterocycles. The summed E-state index contributed by atoms with van der Waals surface area (Å²) in [5.41, 5.74) is 5.37. The molecule has 262 valence electrons. The number of halogens is 1. The number of nitriles is 1. The second-order valence-electron chi connectivity index (χ2n) is 14.9. The van der Waals surface area contributed by atoms with Gasteiger partial charge in [0.05, 0.1) is 44.7 Å². The standard InChI is InChI=1S/C40H42ClN7O3/c1-38(41)32(28-7-4-3-5-8-28)9-6-13-40(38,45-39(14-15-39)34-11-10-26(20-43-34)21-48-24-31(49)25-48)37-44-33-18-27(17-30(19-42)35(33)46(37)2)22-47-16-12-29(23-47)36(50)51/h3-11,13,17-18,20,29,31,45,49H,12,14-16,21-25H2,1-2H3,(H,50,51)/t29-,38?,40?/m1/s1. The van der Waals surface area contributed by atoms with Gasteiger partial charge >= 0.3 is 5.97 Å². The van der Waals surface area contributed by atoms with Crippen molar-refractivity contribution in [2.45, 2.75) is 61.3 Å². The second-order valence-corrected chi connectivity index (χ2v) is 15.7. The summed E-state index contributed by atoms with van der Waals surface area (Å²) in [5, 5.41) is 33.7. The zero-order chi connectivity index (χ0) is 35.5. The molecule has 51 heavy (non-hydrogen) atoms. The lowest BCUT2D eigenvalue weighted by Gasteiger charge is -2.48. The number of aromatic nitrogens is 3. The number of aliphatic hydroxyl groups is 1. The molecule has 0 radical (unpaired) electrons. The van der Waals surface area contributed by atoms with Gasteiger partial charge in [-0.1, -0.05) is 54.6 Å². The molecule has 4 heterocycles. The van der Waals surface area contributed by atoms with Gasteiger partial charge in [0.2, 0.25) is 0 Å². The topological polar surface area (TPSA) is 131 Å². The molecule has 0 bridgehead atoms. The van der Waals surface area contributed by atoms with Gasteiger partial charge in [0.1, 0.15) is 17.4 Å². The molecule has 11 heteroatoms. The quantitative estimate of drug-likeness (QED) is 0.194. The van der Waals surface area contributed by atoms with Crippen LogP contribution in [0.4, 0.5) is 0 Å². The SMILES string of the molecule is Cn1c(C2(NC3(c4ccc(CN5CC(O)C5)cn4)CC3)C=CC=C(c3ccccc3)C2(C)Cl)nc2cc(CN3CC[C@@H](C(=O)O)C3)cc(C#N)c21. The molecule has 2 aromatic carbocycles. The number of pyridine rings is 1. The first-order valence-corrected chi connectivity index (χ1v) is 18.0. The van der Waals surface area contributed by atoms with Gasteiger partial charge in [0.25, 0.3) is 0 Å². The number of aliphatic carboxylic acids is 1. The third-order valence-corrected chi connectivity index (χ3v) is 11.8. The Balaban J connectivity index is 1.20. The first-order chi connectivity index (χ1) is 24.5. The lowest BCUT2D eigenvalue weighted by molar-refractivity contribution is -0.141. The fourth-order valence-corrected chi connectivity index (χ4v) is 8.72. The number of hydrogen-bond acceptors (Lipinski definition) is 8. The third kappa shape index (κ3) is 5.87. The van der Waals surface area contributed by atoms with Crippen LogP contribution in [0.1, 0.15) is 60.0 Å². The van der Waals surface area contributed by atoms with E-state index in [0.29, 0.717) is 56.0 Å². The molecule has 8 rings (SSSR count). The molecule has 2 unspecified atom stereocenters. The molecule has 4 aromatic rings. The fraction of sp³-hybridized carbons (Fsp3) is 0.400. The number of carbonyl (C=O) groups is 1. The Morgan fingerprint density at radius 1 is 1.08 bits per heavy atom. The summed E-state index contributed by atoms with van der Waals surface area (Å²) >= 11 is 7.92. The van der Waals surface area contributed by atoms with Crippen LogP contribution < -0.4 is 5.32 Å². The number of benzene rings is 2. The molecule has 0 spiro atoms. The van der Waals surface area contributed by atoms with Crippen molar-refractivity contribution in [3.63, 3.8) is 0 Å². The number of likely N-dealkylation sites (tertiary alicyclic amines) is 2. The number of aryl methyl sites for hydroxylation is 1. The molecule has 0 amide bonds. The number of aliphatic hydroxyl groups excluding tert-OH is 1. The highest BCUT2D eigenvalue weighted by molar-refractivity contribution is 6.31. The Kier molecular flexibility index (Phi) is 8.40. The minimum Gasteiger partial charge on any atom is -0.481 e. The summed E-state index contributed by atoms with van der Waals surface area (Å²) in [4.78, 5) is 25.2. The van der Waals surface area contributed by atoms with Crippen LogP contribution in [0.5, 0.6) is 0 Å². The molecule has 2 aliphatic heterocycles. The average Bonchev–Trinajstić information content (AvgIpc) is 3.58. The number of rotatable bonds is 10. The third-order valence-electron chi connectivity index (χ3n) is 11.3. The summed E-state index contributed by atoms with van der Waals surface area (Å²) in [6.07, 6.45) is 10.3. The van der Waals surface area contributed by atoms with Gasteiger partial charge in [0.15, 0.2) is 0 Å². The number of nitrogens with one attached hydrogen (secondary N) is 1. The van der Waals surface area contributed by atoms with Crippen molar-refractivity contribution in [1.82, 2.24) is 29.7 Å². The molecule has 3 N–H and O–H groups in total. The van der Waals surface area contributed by atoms with Crippen LogP contribution in [0, 0.1) is 17.2 Å². The van der Waals surface area contributed by atoms with Crippen molar-refractivity contribution in [2.24, 2.45) is 13.0 Å². The predicted molar refractivity (Wildman–Crippen MR) is 196 cm³/mol. The molecular formula is C40H42ClN7O3. The Bertz CT molecular complexity index is 2090. The van der Waals surface area contributed by atoms with Crippen LogP contribution in [0.25, 0.3) is 16.6 Å². The number of carboxylic acids is 1. The fourth-order valence-electron chi connectivity index (χ4n) is 8.35. The normalized spacial score (nSPS) is 26.2. The lowest BCUT2D eigenvalue weighted by atomic mass is 9.72. The average molecular weight is 704 g/mol. The smallest absolute Gasteiger partial charge is 0.307 e. The van der Waals surface area contributed by atoms with Crippen LogP contribution in [-0.2, 0) is 36.0 Å². The number of allylic oxidation sites excluding steroid dienone is 2. The Morgan fingerprint density at radius 2 is 1.84 bits per heavy atom. The first-order valence-electron chi connectivity index (χ1n) is 17.7. The van der Waals surface area contributed by atoms with Gasteiger partial charge in [-0.25, -0.2) is 4.98 Å². The van der Waals surface area contributed by atoms with Crippen molar-refractivity contribution in [3.05, 3.63) is 113 Å². The van der Waals surface area contributed by atoms with Gasteiger partial charge in [0, 0.05) is 46.0 Å². The van der Waals surface area contributed by atoms with E-state index in [1.807, 2.05) is 55.1 Å². The van der Waals surface area contributed by atoms with E-state index in [0.717, 1.165) is 52.9 Å². The Morgan fingerprint density at radius 3 is 2.49 bits per heavy atom. The van der Waals surface area contributed by atoms with Crippen LogP contribution in [0.3, 0.4) is 0 Å². The zero-order valence-electron chi connectivity index (χ0n) is 28.9. The summed E-state index contributed by atoms with van der Waals surface area (Å²) in [6.45, 7) is 5.89. The van der Waals surface area contributed by atoms with E-state index in [-0.39, 0.29) is 12.0 Å². The van der Waals surface area contributed by atoms with Crippen LogP contribution in [0.15, 0.2) is 79.0 Å². The molecule has 4 aliphatic rings. The molecular weight excluding hydrogens is 662 g/mol. The molecule has 3 atom stereocenters. The van der Waals surface area contributed by atoms with Gasteiger partial charge in [-0.05, 0) is 73.2 Å². The summed E-state index contributed by atoms with van der Waals surface area (Å²) in [7, 11) is 1.95. The highest BCUT2D eigenvalue weighted by atomic mass is 35.5. The van der Waals surface area contributed by atoms with Crippen molar-refractivity contribution >= 4 is 34.2 Å². The minimum absolute atomic E-state index is 0.245. The van der Waals surface area contributed by atoms with Gasteiger partial charge in [-0.2, -0.15) is 5.26 Å². The van der Waals surface area contributed by atoms with Crippen LogP contribution >= 0.6 is 11.6 Å². The van der Waals surface area contributed by atoms with Crippen molar-refractivity contribution in [1.29, 1.82) is 5.26 Å². The molecule has 1 saturated carbocycles. The van der Waals surface area contributed by atoms with E-state index < -0.39 is 21.9 Å². The number of hydrogen-bond donors (Lipinski definition) is 3. The number of carboxylic acid groups (broad SMARTS) is 1.